The van der Waals surface area contributed by atoms with E-state index in [4.69, 9.17) is 16.6 Å². The van der Waals surface area contributed by atoms with Crippen molar-refractivity contribution in [2.24, 2.45) is 4.99 Å². The molecule has 0 bridgehead atoms. The number of carbonyl (C=O) groups is 2. The molecule has 1 unspecified atom stereocenters. The van der Waals surface area contributed by atoms with Gasteiger partial charge in [0.15, 0.2) is 0 Å². The van der Waals surface area contributed by atoms with Gasteiger partial charge in [0.2, 0.25) is 11.8 Å². The largest absolute Gasteiger partial charge is 0.356 e. The normalized spacial score (nSPS) is 15.1. The minimum atomic E-state index is -0.514. The number of halogens is 1. The van der Waals surface area contributed by atoms with Gasteiger partial charge < -0.3 is 16.0 Å². The van der Waals surface area contributed by atoms with E-state index in [1.165, 1.54) is 6.92 Å². The van der Waals surface area contributed by atoms with Crippen molar-refractivity contribution >= 4 is 40.5 Å². The summed E-state index contributed by atoms with van der Waals surface area (Å²) in [5.74, 6) is -0.632. The van der Waals surface area contributed by atoms with Gasteiger partial charge in [-0.05, 0) is 53.9 Å². The van der Waals surface area contributed by atoms with Crippen LogP contribution in [0.5, 0.6) is 0 Å². The average molecular weight is 475 g/mol. The Morgan fingerprint density at radius 1 is 1.03 bits per heavy atom. The lowest BCUT2D eigenvalue weighted by molar-refractivity contribution is -0.119. The molecule has 3 N–H and O–H groups in total. The molecule has 0 aliphatic carbocycles. The molecule has 7 heteroatoms. The van der Waals surface area contributed by atoms with Gasteiger partial charge in [-0.3, -0.25) is 14.6 Å². The summed E-state index contributed by atoms with van der Waals surface area (Å²) in [6.45, 7) is 3.74. The van der Waals surface area contributed by atoms with Gasteiger partial charge in [-0.15, -0.1) is 0 Å². The third kappa shape index (κ3) is 5.90. The number of hydrogen-bond donors (Lipinski definition) is 3. The van der Waals surface area contributed by atoms with E-state index in [0.29, 0.717) is 17.3 Å². The van der Waals surface area contributed by atoms with Gasteiger partial charge in [-0.1, -0.05) is 60.1 Å². The molecule has 4 rings (SSSR count). The highest BCUT2D eigenvalue weighted by molar-refractivity contribution is 6.31. The summed E-state index contributed by atoms with van der Waals surface area (Å²) in [5, 5.41) is 9.69. The van der Waals surface area contributed by atoms with Gasteiger partial charge in [0.05, 0.1) is 11.4 Å². The van der Waals surface area contributed by atoms with Crippen molar-refractivity contribution < 1.29 is 9.59 Å². The highest BCUT2D eigenvalue weighted by Gasteiger charge is 2.35. The molecule has 0 aromatic heterocycles. The Kier molecular flexibility index (Phi) is 7.72. The number of hydrogen-bond acceptors (Lipinski definition) is 4. The van der Waals surface area contributed by atoms with Crippen molar-refractivity contribution in [2.75, 3.05) is 18.4 Å². The summed E-state index contributed by atoms with van der Waals surface area (Å²) in [5.41, 5.74) is 5.11. The molecule has 0 saturated heterocycles. The summed E-state index contributed by atoms with van der Waals surface area (Å²) >= 11 is 6.13. The number of aliphatic imine (C=N–C) groups is 1. The van der Waals surface area contributed by atoms with Crippen LogP contribution in [-0.2, 0) is 16.1 Å². The number of nitrogens with one attached hydrogen (secondary N) is 3. The first-order valence-electron chi connectivity index (χ1n) is 11.3. The third-order valence-corrected chi connectivity index (χ3v) is 5.84. The van der Waals surface area contributed by atoms with Gasteiger partial charge in [-0.25, -0.2) is 0 Å². The summed E-state index contributed by atoms with van der Waals surface area (Å²) in [7, 11) is 0. The van der Waals surface area contributed by atoms with Crippen LogP contribution in [0, 0.1) is 0 Å². The van der Waals surface area contributed by atoms with Crippen LogP contribution >= 0.6 is 11.6 Å². The number of nitrogens with zero attached hydrogens (tertiary/aromatic N) is 1. The van der Waals surface area contributed by atoms with E-state index >= 15 is 0 Å². The van der Waals surface area contributed by atoms with Crippen molar-refractivity contribution in [1.29, 1.82) is 0 Å². The maximum Gasteiger partial charge on any atom is 0.238 e. The van der Waals surface area contributed by atoms with E-state index in [9.17, 15) is 9.59 Å². The number of fused-ring (bicyclic) bond motifs is 1. The van der Waals surface area contributed by atoms with Crippen molar-refractivity contribution in [3.05, 3.63) is 94.5 Å². The number of benzene rings is 3. The van der Waals surface area contributed by atoms with Gasteiger partial charge >= 0.3 is 0 Å². The second kappa shape index (κ2) is 11.1. The molecule has 1 atom stereocenters. The van der Waals surface area contributed by atoms with Crippen LogP contribution in [0.4, 0.5) is 11.4 Å². The summed E-state index contributed by atoms with van der Waals surface area (Å²) < 4.78 is 0. The molecule has 0 radical (unpaired) electrons. The minimum absolute atomic E-state index is 0.00612. The monoisotopic (exact) mass is 474 g/mol. The van der Waals surface area contributed by atoms with Crippen LogP contribution in [0.3, 0.4) is 0 Å². The first-order chi connectivity index (χ1) is 16.5. The highest BCUT2D eigenvalue weighted by atomic mass is 35.5. The molecule has 3 aromatic rings. The SMILES string of the molecule is CC(=O)NCCCNCc1ccc(N=C(c2ccccc2)C2C(=O)Nc3cc(Cl)ccc32)cc1. The molecule has 0 saturated carbocycles. The van der Waals surface area contributed by atoms with E-state index in [2.05, 4.69) is 16.0 Å². The van der Waals surface area contributed by atoms with Gasteiger partial charge in [-0.2, -0.15) is 0 Å². The molecule has 6 nitrogen and oxygen atoms in total. The highest BCUT2D eigenvalue weighted by Crippen LogP contribution is 2.37. The van der Waals surface area contributed by atoms with Crippen LogP contribution in [0.25, 0.3) is 0 Å². The van der Waals surface area contributed by atoms with Gasteiger partial charge in [0.25, 0.3) is 0 Å². The van der Waals surface area contributed by atoms with E-state index in [1.807, 2.05) is 60.7 Å². The lowest BCUT2D eigenvalue weighted by atomic mass is 9.90. The maximum absolute atomic E-state index is 13.0. The molecule has 1 aliphatic heterocycles. The molecule has 0 fully saturated rings. The fraction of sp³-hybridized carbons (Fsp3) is 0.222. The fourth-order valence-electron chi connectivity index (χ4n) is 3.95. The van der Waals surface area contributed by atoms with Crippen LogP contribution in [0.2, 0.25) is 5.02 Å². The predicted molar refractivity (Wildman–Crippen MR) is 137 cm³/mol. The quantitative estimate of drug-likeness (QED) is 0.307. The molecule has 174 valence electrons. The van der Waals surface area contributed by atoms with Crippen molar-refractivity contribution in [3.63, 3.8) is 0 Å². The molecule has 1 heterocycles. The van der Waals surface area contributed by atoms with E-state index < -0.39 is 5.92 Å². The third-order valence-electron chi connectivity index (χ3n) is 5.61. The average Bonchev–Trinajstić information content (AvgIpc) is 3.15. The summed E-state index contributed by atoms with van der Waals surface area (Å²) in [6, 6.07) is 23.2. The lowest BCUT2D eigenvalue weighted by Crippen LogP contribution is -2.24. The maximum atomic E-state index is 13.0. The molecule has 34 heavy (non-hydrogen) atoms. The molecule has 0 spiro atoms. The molecular weight excluding hydrogens is 448 g/mol. The first kappa shape index (κ1) is 23.7. The smallest absolute Gasteiger partial charge is 0.238 e. The lowest BCUT2D eigenvalue weighted by Gasteiger charge is -2.14. The number of anilines is 1. The van der Waals surface area contributed by atoms with Crippen molar-refractivity contribution in [3.8, 4) is 0 Å². The zero-order valence-electron chi connectivity index (χ0n) is 19.0. The number of amides is 2. The second-order valence-corrected chi connectivity index (χ2v) is 8.63. The van der Waals surface area contributed by atoms with Crippen LogP contribution < -0.4 is 16.0 Å². The van der Waals surface area contributed by atoms with Crippen LogP contribution in [0.15, 0.2) is 77.8 Å². The fourth-order valence-corrected chi connectivity index (χ4v) is 4.12. The van der Waals surface area contributed by atoms with E-state index in [1.54, 1.807) is 12.1 Å². The standard InChI is InChI=1S/C27H27ClN4O2/c1-18(33)30-15-5-14-29-17-19-8-11-22(12-9-19)31-26(20-6-3-2-4-7-20)25-23-13-10-21(28)16-24(23)32-27(25)34/h2-4,6-13,16,25,29H,5,14-15,17H2,1H3,(H,30,33)(H,32,34). The Morgan fingerprint density at radius 2 is 1.79 bits per heavy atom. The van der Waals surface area contributed by atoms with Crippen LogP contribution in [-0.4, -0.2) is 30.6 Å². The van der Waals surface area contributed by atoms with E-state index in [-0.39, 0.29) is 11.8 Å². The zero-order valence-corrected chi connectivity index (χ0v) is 19.7. The summed E-state index contributed by atoms with van der Waals surface area (Å²) in [4.78, 5) is 28.8. The van der Waals surface area contributed by atoms with Gasteiger partial charge in [0, 0.05) is 30.7 Å². The molecule has 2 amide bonds. The van der Waals surface area contributed by atoms with E-state index in [0.717, 1.165) is 47.6 Å². The van der Waals surface area contributed by atoms with Gasteiger partial charge in [0.1, 0.15) is 5.92 Å². The number of rotatable bonds is 9. The summed E-state index contributed by atoms with van der Waals surface area (Å²) in [6.07, 6.45) is 0.874. The molecular formula is C27H27ClN4O2. The molecule has 1 aliphatic rings. The first-order valence-corrected chi connectivity index (χ1v) is 11.7. The predicted octanol–water partition coefficient (Wildman–Crippen LogP) is 4.81. The zero-order chi connectivity index (χ0) is 23.9. The Morgan fingerprint density at radius 3 is 2.53 bits per heavy atom. The Bertz CT molecular complexity index is 1190. The molecule has 3 aromatic carbocycles. The topological polar surface area (TPSA) is 82.6 Å². The Balaban J connectivity index is 1.52. The second-order valence-electron chi connectivity index (χ2n) is 8.20. The Labute approximate surface area is 204 Å². The Hall–Kier alpha value is -3.48. The minimum Gasteiger partial charge on any atom is -0.356 e. The van der Waals surface area contributed by atoms with Crippen LogP contribution in [0.1, 0.15) is 36.0 Å². The number of carbonyl (C=O) groups excluding carboxylic acids is 2. The van der Waals surface area contributed by atoms with Crippen molar-refractivity contribution in [2.45, 2.75) is 25.8 Å². The van der Waals surface area contributed by atoms with Crippen molar-refractivity contribution in [1.82, 2.24) is 10.6 Å².